The van der Waals surface area contributed by atoms with E-state index in [4.69, 9.17) is 4.74 Å². The van der Waals surface area contributed by atoms with Gasteiger partial charge in [-0.3, -0.25) is 0 Å². The van der Waals surface area contributed by atoms with Gasteiger partial charge in [-0.1, -0.05) is 19.3 Å². The average molecular weight is 253 g/mol. The molecule has 1 saturated carbocycles. The minimum atomic E-state index is -0.271. The van der Waals surface area contributed by atoms with Crippen molar-refractivity contribution in [1.82, 2.24) is 4.98 Å². The lowest BCUT2D eigenvalue weighted by molar-refractivity contribution is 0.0135. The molecule has 0 amide bonds. The van der Waals surface area contributed by atoms with Crippen molar-refractivity contribution in [3.8, 4) is 0 Å². The normalized spacial score (nSPS) is 18.9. The van der Waals surface area contributed by atoms with Crippen LogP contribution in [0.3, 0.4) is 0 Å². The molecule has 4 heteroatoms. The molecule has 1 aromatic rings. The highest BCUT2D eigenvalue weighted by atomic mass is 32.1. The molecule has 94 valence electrons. The lowest BCUT2D eigenvalue weighted by atomic mass is 9.86. The van der Waals surface area contributed by atoms with Gasteiger partial charge in [0, 0.05) is 5.38 Å². The van der Waals surface area contributed by atoms with Gasteiger partial charge in [0.2, 0.25) is 0 Å². The van der Waals surface area contributed by atoms with Crippen molar-refractivity contribution < 1.29 is 9.53 Å². The maximum atomic E-state index is 11.8. The summed E-state index contributed by atoms with van der Waals surface area (Å²) in [5.74, 6) is 0.264. The molecule has 1 fully saturated rings. The lowest BCUT2D eigenvalue weighted by Crippen LogP contribution is -2.26. The van der Waals surface area contributed by atoms with Gasteiger partial charge in [0.15, 0.2) is 5.69 Å². The highest BCUT2D eigenvalue weighted by Gasteiger charge is 2.24. The molecular formula is C13H19NO2S. The fourth-order valence-corrected chi connectivity index (χ4v) is 2.97. The van der Waals surface area contributed by atoms with E-state index in [1.807, 2.05) is 13.8 Å². The number of thiazole rings is 1. The van der Waals surface area contributed by atoms with E-state index in [0.29, 0.717) is 11.6 Å². The minimum absolute atomic E-state index is 0.0183. The summed E-state index contributed by atoms with van der Waals surface area (Å²) in [4.78, 5) is 16.0. The topological polar surface area (TPSA) is 39.2 Å². The van der Waals surface area contributed by atoms with Crippen LogP contribution in [-0.4, -0.2) is 17.1 Å². The van der Waals surface area contributed by atoms with E-state index in [1.165, 1.54) is 43.4 Å². The first-order valence-corrected chi connectivity index (χ1v) is 7.18. The Bertz CT molecular complexity index is 383. The van der Waals surface area contributed by atoms with E-state index < -0.39 is 0 Å². The zero-order chi connectivity index (χ0) is 12.3. The number of esters is 1. The van der Waals surface area contributed by atoms with Crippen LogP contribution in [0.25, 0.3) is 0 Å². The standard InChI is InChI=1S/C13H19NO2S/c1-9(11-6-4-3-5-7-11)16-13(15)12-8-17-10(2)14-12/h8-9,11H,3-7H2,1-2H3/t9-/m0/s1. The van der Waals surface area contributed by atoms with Gasteiger partial charge in [-0.25, -0.2) is 9.78 Å². The van der Waals surface area contributed by atoms with Crippen LogP contribution in [-0.2, 0) is 4.74 Å². The molecule has 2 rings (SSSR count). The Balaban J connectivity index is 1.89. The van der Waals surface area contributed by atoms with Crippen LogP contribution in [0.5, 0.6) is 0 Å². The van der Waals surface area contributed by atoms with Crippen LogP contribution in [0.1, 0.15) is 54.5 Å². The van der Waals surface area contributed by atoms with Gasteiger partial charge in [-0.2, -0.15) is 0 Å². The smallest absolute Gasteiger partial charge is 0.358 e. The molecule has 3 nitrogen and oxygen atoms in total. The third kappa shape index (κ3) is 3.28. The van der Waals surface area contributed by atoms with E-state index in [1.54, 1.807) is 5.38 Å². The van der Waals surface area contributed by atoms with Crippen LogP contribution in [0, 0.1) is 12.8 Å². The van der Waals surface area contributed by atoms with Crippen LogP contribution < -0.4 is 0 Å². The van der Waals surface area contributed by atoms with Gasteiger partial charge in [0.05, 0.1) is 5.01 Å². The van der Waals surface area contributed by atoms with Crippen molar-refractivity contribution in [3.05, 3.63) is 16.1 Å². The third-order valence-electron chi connectivity index (χ3n) is 3.43. The second-order valence-corrected chi connectivity index (χ2v) is 5.82. The molecule has 17 heavy (non-hydrogen) atoms. The van der Waals surface area contributed by atoms with Crippen molar-refractivity contribution >= 4 is 17.3 Å². The van der Waals surface area contributed by atoms with Crippen LogP contribution in [0.15, 0.2) is 5.38 Å². The highest BCUT2D eigenvalue weighted by molar-refractivity contribution is 7.09. The van der Waals surface area contributed by atoms with Crippen LogP contribution in [0.4, 0.5) is 0 Å². The van der Waals surface area contributed by atoms with Gasteiger partial charge in [-0.05, 0) is 32.6 Å². The van der Waals surface area contributed by atoms with Crippen LogP contribution >= 0.6 is 11.3 Å². The number of carbonyl (C=O) groups is 1. The molecule has 1 aliphatic rings. The molecule has 0 spiro atoms. The fourth-order valence-electron chi connectivity index (χ4n) is 2.39. The fraction of sp³-hybridized carbons (Fsp3) is 0.692. The number of carbonyl (C=O) groups excluding carboxylic acids is 1. The van der Waals surface area contributed by atoms with E-state index in [9.17, 15) is 4.79 Å². The SMILES string of the molecule is Cc1nc(C(=O)O[C@@H](C)C2CCCCC2)cs1. The second-order valence-electron chi connectivity index (χ2n) is 4.76. The van der Waals surface area contributed by atoms with Gasteiger partial charge >= 0.3 is 5.97 Å². The first kappa shape index (κ1) is 12.6. The molecule has 1 heterocycles. The molecule has 0 N–H and O–H groups in total. The molecule has 0 bridgehead atoms. The summed E-state index contributed by atoms with van der Waals surface area (Å²) in [6.07, 6.45) is 6.24. The molecule has 0 radical (unpaired) electrons. The first-order valence-electron chi connectivity index (χ1n) is 6.30. The summed E-state index contributed by atoms with van der Waals surface area (Å²) in [6.45, 7) is 3.90. The van der Waals surface area contributed by atoms with Crippen LogP contribution in [0.2, 0.25) is 0 Å². The number of hydrogen-bond donors (Lipinski definition) is 0. The molecule has 0 aromatic carbocycles. The number of nitrogens with zero attached hydrogens (tertiary/aromatic N) is 1. The number of rotatable bonds is 3. The minimum Gasteiger partial charge on any atom is -0.458 e. The number of aromatic nitrogens is 1. The Kier molecular flexibility index (Phi) is 4.15. The van der Waals surface area contributed by atoms with E-state index in [-0.39, 0.29) is 12.1 Å². The second kappa shape index (κ2) is 5.63. The molecule has 0 aliphatic heterocycles. The number of ether oxygens (including phenoxy) is 1. The maximum Gasteiger partial charge on any atom is 0.358 e. The zero-order valence-corrected chi connectivity index (χ0v) is 11.3. The molecule has 1 aromatic heterocycles. The summed E-state index contributed by atoms with van der Waals surface area (Å²) in [5.41, 5.74) is 0.454. The average Bonchev–Trinajstić information content (AvgIpc) is 2.77. The lowest BCUT2D eigenvalue weighted by Gasteiger charge is -2.27. The Morgan fingerprint density at radius 2 is 2.18 bits per heavy atom. The summed E-state index contributed by atoms with van der Waals surface area (Å²) in [7, 11) is 0. The Labute approximate surface area is 106 Å². The number of hydrogen-bond acceptors (Lipinski definition) is 4. The quantitative estimate of drug-likeness (QED) is 0.773. The van der Waals surface area contributed by atoms with Crippen molar-refractivity contribution in [2.75, 3.05) is 0 Å². The van der Waals surface area contributed by atoms with Crippen molar-refractivity contribution in [3.63, 3.8) is 0 Å². The molecule has 0 unspecified atom stereocenters. The van der Waals surface area contributed by atoms with Gasteiger partial charge in [0.1, 0.15) is 6.10 Å². The summed E-state index contributed by atoms with van der Waals surface area (Å²) >= 11 is 1.48. The zero-order valence-electron chi connectivity index (χ0n) is 10.4. The predicted octanol–water partition coefficient (Wildman–Crippen LogP) is 3.58. The van der Waals surface area contributed by atoms with E-state index in [0.717, 1.165) is 5.01 Å². The summed E-state index contributed by atoms with van der Waals surface area (Å²) in [5, 5.41) is 2.67. The van der Waals surface area contributed by atoms with Gasteiger partial charge < -0.3 is 4.74 Å². The molecule has 1 aliphatic carbocycles. The predicted molar refractivity (Wildman–Crippen MR) is 68.3 cm³/mol. The largest absolute Gasteiger partial charge is 0.458 e. The van der Waals surface area contributed by atoms with Gasteiger partial charge in [-0.15, -0.1) is 11.3 Å². The first-order chi connectivity index (χ1) is 8.16. The Morgan fingerprint density at radius 1 is 1.47 bits per heavy atom. The summed E-state index contributed by atoms with van der Waals surface area (Å²) in [6, 6.07) is 0. The van der Waals surface area contributed by atoms with Gasteiger partial charge in [0.25, 0.3) is 0 Å². The highest BCUT2D eigenvalue weighted by Crippen LogP contribution is 2.28. The van der Waals surface area contributed by atoms with Crippen molar-refractivity contribution in [2.24, 2.45) is 5.92 Å². The molecule has 1 atom stereocenters. The monoisotopic (exact) mass is 253 g/mol. The molecule has 0 saturated heterocycles. The Hall–Kier alpha value is -0.900. The third-order valence-corrected chi connectivity index (χ3v) is 4.21. The molecular weight excluding hydrogens is 234 g/mol. The van der Waals surface area contributed by atoms with Crippen molar-refractivity contribution in [2.45, 2.75) is 52.1 Å². The summed E-state index contributed by atoms with van der Waals surface area (Å²) < 4.78 is 5.49. The maximum absolute atomic E-state index is 11.8. The van der Waals surface area contributed by atoms with E-state index in [2.05, 4.69) is 4.98 Å². The number of aryl methyl sites for hydroxylation is 1. The Morgan fingerprint density at radius 3 is 2.76 bits per heavy atom. The van der Waals surface area contributed by atoms with Crippen molar-refractivity contribution in [1.29, 1.82) is 0 Å². The van der Waals surface area contributed by atoms with E-state index >= 15 is 0 Å².